The summed E-state index contributed by atoms with van der Waals surface area (Å²) < 4.78 is 10.4. The van der Waals surface area contributed by atoms with E-state index in [-0.39, 0.29) is 42.0 Å². The van der Waals surface area contributed by atoms with Gasteiger partial charge in [0.25, 0.3) is 17.7 Å². The van der Waals surface area contributed by atoms with E-state index in [1.54, 1.807) is 18.1 Å². The van der Waals surface area contributed by atoms with Crippen molar-refractivity contribution in [2.45, 2.75) is 51.7 Å². The molecular formula is C23H31N3O6. The van der Waals surface area contributed by atoms with Crippen molar-refractivity contribution in [2.24, 2.45) is 0 Å². The van der Waals surface area contributed by atoms with Gasteiger partial charge in [0.2, 0.25) is 0 Å². The summed E-state index contributed by atoms with van der Waals surface area (Å²) in [4.78, 5) is 52.9. The van der Waals surface area contributed by atoms with Crippen LogP contribution in [-0.2, 0) is 9.47 Å². The molecule has 0 unspecified atom stereocenters. The summed E-state index contributed by atoms with van der Waals surface area (Å²) in [6, 6.07) is 4.49. The molecule has 1 aromatic rings. The molecule has 1 N–H and O–H groups in total. The van der Waals surface area contributed by atoms with E-state index in [0.717, 1.165) is 0 Å². The standard InChI is InChI=1S/C23H31N3O6/c1-23(2,3)32-22(30)25-11-8-16(9-12-25)24-19(27)15-6-7-17-18(14-15)21(29)26(20(17)28)10-5-13-31-4/h6-7,14,16H,5,8-13H2,1-4H3,(H,24,27). The average molecular weight is 446 g/mol. The molecule has 2 aliphatic rings. The highest BCUT2D eigenvalue weighted by Crippen LogP contribution is 2.24. The molecule has 32 heavy (non-hydrogen) atoms. The molecule has 0 bridgehead atoms. The second-order valence-corrected chi connectivity index (χ2v) is 9.08. The number of rotatable bonds is 6. The zero-order valence-electron chi connectivity index (χ0n) is 19.1. The molecule has 1 aromatic carbocycles. The van der Waals surface area contributed by atoms with Crippen LogP contribution in [0.4, 0.5) is 4.79 Å². The zero-order valence-corrected chi connectivity index (χ0v) is 19.1. The lowest BCUT2D eigenvalue weighted by Crippen LogP contribution is -2.47. The van der Waals surface area contributed by atoms with Crippen molar-refractivity contribution in [3.8, 4) is 0 Å². The Morgan fingerprint density at radius 1 is 1.09 bits per heavy atom. The van der Waals surface area contributed by atoms with E-state index in [1.807, 2.05) is 20.8 Å². The summed E-state index contributed by atoms with van der Waals surface area (Å²) in [5.74, 6) is -1.04. The van der Waals surface area contributed by atoms with Crippen LogP contribution in [0.1, 0.15) is 71.1 Å². The third-order valence-electron chi connectivity index (χ3n) is 5.44. The van der Waals surface area contributed by atoms with Crippen molar-refractivity contribution in [2.75, 3.05) is 33.4 Å². The minimum atomic E-state index is -0.548. The number of carbonyl (C=O) groups excluding carboxylic acids is 4. The molecule has 0 aromatic heterocycles. The lowest BCUT2D eigenvalue weighted by atomic mass is 10.0. The lowest BCUT2D eigenvalue weighted by molar-refractivity contribution is 0.0199. The molecule has 0 radical (unpaired) electrons. The van der Waals surface area contributed by atoms with Gasteiger partial charge in [-0.25, -0.2) is 4.79 Å². The first-order valence-corrected chi connectivity index (χ1v) is 10.9. The van der Waals surface area contributed by atoms with Crippen molar-refractivity contribution in [1.29, 1.82) is 0 Å². The predicted octanol–water partition coefficient (Wildman–Crippen LogP) is 2.45. The maximum Gasteiger partial charge on any atom is 0.410 e. The Hall–Kier alpha value is -2.94. The molecule has 2 heterocycles. The molecule has 9 heteroatoms. The number of nitrogens with one attached hydrogen (secondary N) is 1. The van der Waals surface area contributed by atoms with Crippen molar-refractivity contribution >= 4 is 23.8 Å². The number of hydrogen-bond acceptors (Lipinski definition) is 6. The molecule has 2 aliphatic heterocycles. The smallest absolute Gasteiger partial charge is 0.410 e. The quantitative estimate of drug-likeness (QED) is 0.533. The Labute approximate surface area is 188 Å². The number of fused-ring (bicyclic) bond motifs is 1. The van der Waals surface area contributed by atoms with Gasteiger partial charge in [-0.05, 0) is 58.2 Å². The van der Waals surface area contributed by atoms with E-state index in [4.69, 9.17) is 9.47 Å². The molecule has 3 rings (SSSR count). The third kappa shape index (κ3) is 5.45. The van der Waals surface area contributed by atoms with Gasteiger partial charge in [0.15, 0.2) is 0 Å². The number of hydrogen-bond donors (Lipinski definition) is 1. The summed E-state index contributed by atoms with van der Waals surface area (Å²) in [5.41, 5.74) is 0.348. The first-order chi connectivity index (χ1) is 15.1. The van der Waals surface area contributed by atoms with Crippen molar-refractivity contribution < 1.29 is 28.7 Å². The topological polar surface area (TPSA) is 105 Å². The van der Waals surface area contributed by atoms with Gasteiger partial charge in [0.05, 0.1) is 11.1 Å². The van der Waals surface area contributed by atoms with Crippen LogP contribution in [0, 0.1) is 0 Å². The van der Waals surface area contributed by atoms with Gasteiger partial charge in [0.1, 0.15) is 5.60 Å². The molecule has 9 nitrogen and oxygen atoms in total. The number of ether oxygens (including phenoxy) is 2. The number of piperidine rings is 1. The Bertz CT molecular complexity index is 899. The number of methoxy groups -OCH3 is 1. The van der Waals surface area contributed by atoms with Gasteiger partial charge in [-0.15, -0.1) is 0 Å². The molecule has 174 valence electrons. The molecule has 0 saturated carbocycles. The predicted molar refractivity (Wildman–Crippen MR) is 117 cm³/mol. The van der Waals surface area contributed by atoms with E-state index in [9.17, 15) is 19.2 Å². The van der Waals surface area contributed by atoms with Gasteiger partial charge in [-0.2, -0.15) is 0 Å². The van der Waals surface area contributed by atoms with E-state index in [1.165, 1.54) is 17.0 Å². The van der Waals surface area contributed by atoms with E-state index in [0.29, 0.717) is 50.1 Å². The third-order valence-corrected chi connectivity index (χ3v) is 5.44. The normalized spacial score (nSPS) is 16.9. The van der Waals surface area contributed by atoms with E-state index in [2.05, 4.69) is 5.32 Å². The largest absolute Gasteiger partial charge is 0.444 e. The molecule has 0 atom stereocenters. The number of likely N-dealkylation sites (tertiary alicyclic amines) is 1. The van der Waals surface area contributed by atoms with Crippen LogP contribution < -0.4 is 5.32 Å². The summed E-state index contributed by atoms with van der Waals surface area (Å²) in [6.45, 7) is 7.19. The first kappa shape index (κ1) is 23.7. The number of amides is 4. The Balaban J connectivity index is 1.57. The van der Waals surface area contributed by atoms with Crippen molar-refractivity contribution in [1.82, 2.24) is 15.1 Å². The minimum Gasteiger partial charge on any atom is -0.444 e. The molecule has 0 aliphatic carbocycles. The second-order valence-electron chi connectivity index (χ2n) is 9.08. The van der Waals surface area contributed by atoms with Crippen molar-refractivity contribution in [3.05, 3.63) is 34.9 Å². The number of benzene rings is 1. The maximum absolute atomic E-state index is 12.8. The molecular weight excluding hydrogens is 414 g/mol. The number of carbonyl (C=O) groups is 4. The minimum absolute atomic E-state index is 0.0858. The van der Waals surface area contributed by atoms with Gasteiger partial charge < -0.3 is 19.7 Å². The van der Waals surface area contributed by atoms with Crippen LogP contribution in [-0.4, -0.2) is 78.6 Å². The maximum atomic E-state index is 12.8. The van der Waals surface area contributed by atoms with Crippen LogP contribution in [0.15, 0.2) is 18.2 Å². The van der Waals surface area contributed by atoms with Gasteiger partial charge >= 0.3 is 6.09 Å². The highest BCUT2D eigenvalue weighted by Gasteiger charge is 2.36. The zero-order chi connectivity index (χ0) is 23.5. The van der Waals surface area contributed by atoms with Crippen LogP contribution in [0.3, 0.4) is 0 Å². The molecule has 1 fully saturated rings. The Morgan fingerprint density at radius 2 is 1.75 bits per heavy atom. The van der Waals surface area contributed by atoms with Crippen LogP contribution >= 0.6 is 0 Å². The fraction of sp³-hybridized carbons (Fsp3) is 0.565. The number of imide groups is 1. The van der Waals surface area contributed by atoms with Gasteiger partial charge in [-0.3, -0.25) is 19.3 Å². The van der Waals surface area contributed by atoms with Crippen molar-refractivity contribution in [3.63, 3.8) is 0 Å². The van der Waals surface area contributed by atoms with E-state index >= 15 is 0 Å². The fourth-order valence-corrected chi connectivity index (χ4v) is 3.80. The van der Waals surface area contributed by atoms with Gasteiger partial charge in [-0.1, -0.05) is 0 Å². The monoisotopic (exact) mass is 445 g/mol. The average Bonchev–Trinajstić information content (AvgIpc) is 2.97. The Kier molecular flexibility index (Phi) is 7.18. The molecule has 4 amide bonds. The lowest BCUT2D eigenvalue weighted by Gasteiger charge is -2.33. The molecule has 1 saturated heterocycles. The Morgan fingerprint density at radius 3 is 2.38 bits per heavy atom. The second kappa shape index (κ2) is 9.68. The van der Waals surface area contributed by atoms with Crippen LogP contribution in [0.25, 0.3) is 0 Å². The molecule has 0 spiro atoms. The number of nitrogens with zero attached hydrogens (tertiary/aromatic N) is 2. The first-order valence-electron chi connectivity index (χ1n) is 10.9. The SMILES string of the molecule is COCCCN1C(=O)c2ccc(C(=O)NC3CCN(C(=O)OC(C)(C)C)CC3)cc2C1=O. The van der Waals surface area contributed by atoms with Gasteiger partial charge in [0, 0.05) is 45.0 Å². The summed E-state index contributed by atoms with van der Waals surface area (Å²) >= 11 is 0. The summed E-state index contributed by atoms with van der Waals surface area (Å²) in [5, 5.41) is 2.97. The van der Waals surface area contributed by atoms with E-state index < -0.39 is 5.60 Å². The highest BCUT2D eigenvalue weighted by molar-refractivity contribution is 6.22. The van der Waals surface area contributed by atoms with Crippen LogP contribution in [0.2, 0.25) is 0 Å². The summed E-state index contributed by atoms with van der Waals surface area (Å²) in [7, 11) is 1.56. The summed E-state index contributed by atoms with van der Waals surface area (Å²) in [6.07, 6.45) is 1.43. The van der Waals surface area contributed by atoms with Crippen LogP contribution in [0.5, 0.6) is 0 Å². The highest BCUT2D eigenvalue weighted by atomic mass is 16.6. The fourth-order valence-electron chi connectivity index (χ4n) is 3.80.